The van der Waals surface area contributed by atoms with Crippen molar-refractivity contribution in [3.8, 4) is 0 Å². The molecule has 0 bridgehead atoms. The van der Waals surface area contributed by atoms with Crippen LogP contribution in [0.15, 0.2) is 10.3 Å². The number of nitrogens with one attached hydrogen (secondary N) is 1. The lowest BCUT2D eigenvalue weighted by atomic mass is 10.3. The van der Waals surface area contributed by atoms with Crippen molar-refractivity contribution in [2.45, 2.75) is 37.6 Å². The summed E-state index contributed by atoms with van der Waals surface area (Å²) >= 11 is 1.11. The van der Waals surface area contributed by atoms with Crippen molar-refractivity contribution < 1.29 is 13.5 Å². The number of hydrogen-bond acceptors (Lipinski definition) is 4. The van der Waals surface area contributed by atoms with E-state index in [1.807, 2.05) is 0 Å². The van der Waals surface area contributed by atoms with Crippen molar-refractivity contribution in [1.29, 1.82) is 0 Å². The predicted molar refractivity (Wildman–Crippen MR) is 60.4 cm³/mol. The fraction of sp³-hybridized carbons (Fsp3) is 0.556. The molecule has 86 valence electrons. The number of thiophene rings is 1. The van der Waals surface area contributed by atoms with E-state index in [1.54, 1.807) is 26.8 Å². The Bertz CT molecular complexity index is 434. The second-order valence-electron chi connectivity index (χ2n) is 3.61. The zero-order chi connectivity index (χ0) is 11.6. The average molecular weight is 249 g/mol. The molecule has 1 aromatic rings. The molecule has 0 radical (unpaired) electrons. The molecule has 0 saturated heterocycles. The van der Waals surface area contributed by atoms with Gasteiger partial charge in [0.05, 0.1) is 6.61 Å². The molecule has 2 N–H and O–H groups in total. The molecule has 6 heteroatoms. The first-order valence-corrected chi connectivity index (χ1v) is 6.89. The molecule has 0 fully saturated rings. The summed E-state index contributed by atoms with van der Waals surface area (Å²) in [7, 11) is -3.41. The zero-order valence-electron chi connectivity index (χ0n) is 8.94. The zero-order valence-corrected chi connectivity index (χ0v) is 10.6. The first kappa shape index (κ1) is 12.6. The SMILES string of the molecule is Cc1cc(S(=O)(=O)NC(C)C)sc1CO. The summed E-state index contributed by atoms with van der Waals surface area (Å²) in [4.78, 5) is 0.694. The van der Waals surface area contributed by atoms with Gasteiger partial charge in [-0.15, -0.1) is 11.3 Å². The van der Waals surface area contributed by atoms with E-state index in [9.17, 15) is 8.42 Å². The Balaban J connectivity index is 3.05. The molecule has 1 rings (SSSR count). The van der Waals surface area contributed by atoms with Crippen molar-refractivity contribution in [3.05, 3.63) is 16.5 Å². The van der Waals surface area contributed by atoms with Crippen LogP contribution in [0.2, 0.25) is 0 Å². The number of sulfonamides is 1. The summed E-state index contributed by atoms with van der Waals surface area (Å²) in [5.41, 5.74) is 0.812. The van der Waals surface area contributed by atoms with Gasteiger partial charge in [0.1, 0.15) is 4.21 Å². The van der Waals surface area contributed by atoms with Crippen LogP contribution in [-0.4, -0.2) is 19.6 Å². The highest BCUT2D eigenvalue weighted by Gasteiger charge is 2.19. The van der Waals surface area contributed by atoms with Gasteiger partial charge in [-0.1, -0.05) is 0 Å². The van der Waals surface area contributed by atoms with Gasteiger partial charge in [0.25, 0.3) is 0 Å². The van der Waals surface area contributed by atoms with Gasteiger partial charge in [0.2, 0.25) is 10.0 Å². The maximum Gasteiger partial charge on any atom is 0.250 e. The van der Waals surface area contributed by atoms with Gasteiger partial charge in [0, 0.05) is 10.9 Å². The lowest BCUT2D eigenvalue weighted by Gasteiger charge is -2.06. The fourth-order valence-electron chi connectivity index (χ4n) is 1.15. The third-order valence-corrected chi connectivity index (χ3v) is 5.15. The molecule has 0 aliphatic heterocycles. The molecule has 4 nitrogen and oxygen atoms in total. The minimum Gasteiger partial charge on any atom is -0.391 e. The first-order chi connectivity index (χ1) is 6.86. The molecule has 1 aromatic heterocycles. The van der Waals surface area contributed by atoms with Gasteiger partial charge >= 0.3 is 0 Å². The summed E-state index contributed by atoms with van der Waals surface area (Å²) in [6, 6.07) is 1.45. The number of hydrogen-bond donors (Lipinski definition) is 2. The topological polar surface area (TPSA) is 66.4 Å². The first-order valence-electron chi connectivity index (χ1n) is 4.59. The summed E-state index contributed by atoms with van der Waals surface area (Å²) in [5.74, 6) is 0. The summed E-state index contributed by atoms with van der Waals surface area (Å²) in [6.45, 7) is 5.21. The molecule has 15 heavy (non-hydrogen) atoms. The van der Waals surface area contributed by atoms with Gasteiger partial charge in [-0.2, -0.15) is 0 Å². The molecule has 0 aromatic carbocycles. The van der Waals surface area contributed by atoms with Crippen LogP contribution in [0.5, 0.6) is 0 Å². The van der Waals surface area contributed by atoms with Crippen molar-refractivity contribution in [3.63, 3.8) is 0 Å². The third kappa shape index (κ3) is 3.01. The molecule has 0 amide bonds. The molecule has 0 unspecified atom stereocenters. The molecule has 0 spiro atoms. The Morgan fingerprint density at radius 1 is 1.53 bits per heavy atom. The smallest absolute Gasteiger partial charge is 0.250 e. The number of rotatable bonds is 4. The highest BCUT2D eigenvalue weighted by atomic mass is 32.2. The highest BCUT2D eigenvalue weighted by Crippen LogP contribution is 2.25. The van der Waals surface area contributed by atoms with E-state index in [0.717, 1.165) is 16.9 Å². The second-order valence-corrected chi connectivity index (χ2v) is 6.68. The van der Waals surface area contributed by atoms with Crippen molar-refractivity contribution in [1.82, 2.24) is 4.72 Å². The summed E-state index contributed by atoms with van der Waals surface area (Å²) in [5, 5.41) is 8.97. The van der Waals surface area contributed by atoms with E-state index in [0.29, 0.717) is 4.88 Å². The molecule has 0 atom stereocenters. The molecule has 0 saturated carbocycles. The van der Waals surface area contributed by atoms with Crippen LogP contribution >= 0.6 is 11.3 Å². The van der Waals surface area contributed by atoms with Crippen molar-refractivity contribution in [2.75, 3.05) is 0 Å². The molecule has 1 heterocycles. The van der Waals surface area contributed by atoms with Gasteiger partial charge in [-0.25, -0.2) is 13.1 Å². The maximum absolute atomic E-state index is 11.7. The monoisotopic (exact) mass is 249 g/mol. The number of aliphatic hydroxyl groups excluding tert-OH is 1. The van der Waals surface area contributed by atoms with Gasteiger partial charge < -0.3 is 5.11 Å². The van der Waals surface area contributed by atoms with Crippen LogP contribution in [0, 0.1) is 6.92 Å². The van der Waals surface area contributed by atoms with E-state index in [2.05, 4.69) is 4.72 Å². The normalized spacial score (nSPS) is 12.3. The lowest BCUT2D eigenvalue weighted by Crippen LogP contribution is -2.29. The van der Waals surface area contributed by atoms with Crippen molar-refractivity contribution in [2.24, 2.45) is 0 Å². The largest absolute Gasteiger partial charge is 0.391 e. The van der Waals surface area contributed by atoms with Crippen molar-refractivity contribution >= 4 is 21.4 Å². The Hall–Kier alpha value is -0.430. The van der Waals surface area contributed by atoms with Crippen LogP contribution in [0.1, 0.15) is 24.3 Å². The summed E-state index contributed by atoms with van der Waals surface area (Å²) in [6.07, 6.45) is 0. The summed E-state index contributed by atoms with van der Waals surface area (Å²) < 4.78 is 26.2. The van der Waals surface area contributed by atoms with E-state index in [1.165, 1.54) is 0 Å². The molecule has 0 aliphatic carbocycles. The minimum atomic E-state index is -3.41. The Labute approximate surface area is 94.0 Å². The van der Waals surface area contributed by atoms with Crippen LogP contribution in [0.25, 0.3) is 0 Å². The molecular formula is C9H15NO3S2. The quantitative estimate of drug-likeness (QED) is 0.843. The Kier molecular flexibility index (Phi) is 3.88. The van der Waals surface area contributed by atoms with E-state index < -0.39 is 10.0 Å². The number of aliphatic hydroxyl groups is 1. The Morgan fingerprint density at radius 3 is 2.53 bits per heavy atom. The molecular weight excluding hydrogens is 234 g/mol. The van der Waals surface area contributed by atoms with Gasteiger partial charge in [0.15, 0.2) is 0 Å². The van der Waals surface area contributed by atoms with Crippen LogP contribution in [-0.2, 0) is 16.6 Å². The Morgan fingerprint density at radius 2 is 2.13 bits per heavy atom. The molecule has 0 aliphatic rings. The minimum absolute atomic E-state index is 0.117. The standard InChI is InChI=1S/C9H15NO3S2/c1-6(2)10-15(12,13)9-4-7(3)8(5-11)14-9/h4,6,10-11H,5H2,1-3H3. The van der Waals surface area contributed by atoms with E-state index in [4.69, 9.17) is 5.11 Å². The van der Waals surface area contributed by atoms with E-state index in [-0.39, 0.29) is 16.9 Å². The van der Waals surface area contributed by atoms with Gasteiger partial charge in [-0.05, 0) is 32.4 Å². The lowest BCUT2D eigenvalue weighted by molar-refractivity contribution is 0.285. The van der Waals surface area contributed by atoms with Crippen LogP contribution in [0.3, 0.4) is 0 Å². The van der Waals surface area contributed by atoms with Crippen LogP contribution in [0.4, 0.5) is 0 Å². The fourth-order valence-corrected chi connectivity index (χ4v) is 3.86. The van der Waals surface area contributed by atoms with E-state index >= 15 is 0 Å². The third-order valence-electron chi connectivity index (χ3n) is 1.80. The second kappa shape index (κ2) is 4.61. The van der Waals surface area contributed by atoms with Gasteiger partial charge in [-0.3, -0.25) is 0 Å². The maximum atomic E-state index is 11.7. The predicted octanol–water partition coefficient (Wildman–Crippen LogP) is 1.24. The highest BCUT2D eigenvalue weighted by molar-refractivity contribution is 7.91. The average Bonchev–Trinajstić information content (AvgIpc) is 2.45. The van der Waals surface area contributed by atoms with Crippen LogP contribution < -0.4 is 4.72 Å². The number of aryl methyl sites for hydroxylation is 1.